The summed E-state index contributed by atoms with van der Waals surface area (Å²) < 4.78 is 30.1. The summed E-state index contributed by atoms with van der Waals surface area (Å²) in [4.78, 5) is 11.1. The molecule has 1 saturated heterocycles. The minimum Gasteiger partial charge on any atom is -0.382 e. The molecule has 7 heteroatoms. The quantitative estimate of drug-likeness (QED) is 0.780. The van der Waals surface area contributed by atoms with Gasteiger partial charge in [-0.3, -0.25) is 0 Å². The highest BCUT2D eigenvalue weighted by Crippen LogP contribution is 2.33. The Hall–Kier alpha value is -1.44. The van der Waals surface area contributed by atoms with Crippen LogP contribution in [0.1, 0.15) is 0 Å². The predicted octanol–water partition coefficient (Wildman–Crippen LogP) is 0.464. The second-order valence-electron chi connectivity index (χ2n) is 4.37. The average Bonchev–Trinajstić information content (AvgIpc) is 2.66. The Bertz CT molecular complexity index is 413. The summed E-state index contributed by atoms with van der Waals surface area (Å²) in [5, 5.41) is 4.92. The van der Waals surface area contributed by atoms with Gasteiger partial charge in [0.15, 0.2) is 6.17 Å². The van der Waals surface area contributed by atoms with Crippen molar-refractivity contribution < 1.29 is 23.4 Å². The molecule has 0 aromatic rings. The fourth-order valence-electron chi connectivity index (χ4n) is 2.27. The maximum absolute atomic E-state index is 14.4. The number of hydrogen-bond acceptors (Lipinski definition) is 4. The van der Waals surface area contributed by atoms with E-state index in [-0.39, 0.29) is 6.61 Å². The van der Waals surface area contributed by atoms with Crippen molar-refractivity contribution in [1.82, 2.24) is 10.6 Å². The Morgan fingerprint density at radius 2 is 2.26 bits per heavy atom. The maximum atomic E-state index is 14.4. The van der Waals surface area contributed by atoms with E-state index in [0.717, 1.165) is 0 Å². The van der Waals surface area contributed by atoms with Gasteiger partial charge in [-0.25, -0.2) is 9.18 Å². The van der Waals surface area contributed by atoms with E-state index in [0.29, 0.717) is 11.3 Å². The smallest absolute Gasteiger partial charge is 0.323 e. The molecule has 19 heavy (non-hydrogen) atoms. The number of nitrogens with one attached hydrogen (secondary N) is 2. The summed E-state index contributed by atoms with van der Waals surface area (Å²) in [5.41, 5.74) is 0.789. The standard InChI is InChI=1S/C12H17FN2O4/c1-6-7(4-14-12(16)15-6)10-9(13)11(18-3)8(19-10)5-17-2/h4,8-11H,1,5H2,2-3H3,(H2,14,15,16)/t8-,9?,10+,11-/m1/s1. The summed E-state index contributed by atoms with van der Waals surface area (Å²) >= 11 is 0. The van der Waals surface area contributed by atoms with Crippen LogP contribution in [-0.2, 0) is 14.2 Å². The van der Waals surface area contributed by atoms with Crippen LogP contribution in [0.5, 0.6) is 0 Å². The number of carbonyl (C=O) groups excluding carboxylic acids is 1. The van der Waals surface area contributed by atoms with E-state index in [2.05, 4.69) is 17.2 Å². The Kier molecular flexibility index (Phi) is 4.18. The fraction of sp³-hybridized carbons (Fsp3) is 0.583. The number of hydrogen-bond donors (Lipinski definition) is 2. The number of methoxy groups -OCH3 is 2. The van der Waals surface area contributed by atoms with Gasteiger partial charge in [-0.1, -0.05) is 6.58 Å². The summed E-state index contributed by atoms with van der Waals surface area (Å²) in [6.07, 6.45) is -2.01. The van der Waals surface area contributed by atoms with Gasteiger partial charge in [0.1, 0.15) is 18.3 Å². The highest BCUT2D eigenvalue weighted by atomic mass is 19.1. The highest BCUT2D eigenvalue weighted by molar-refractivity contribution is 5.80. The van der Waals surface area contributed by atoms with Gasteiger partial charge in [-0.2, -0.15) is 0 Å². The summed E-state index contributed by atoms with van der Waals surface area (Å²) in [6, 6.07) is -0.404. The Morgan fingerprint density at radius 1 is 1.53 bits per heavy atom. The Labute approximate surface area is 110 Å². The van der Waals surface area contributed by atoms with Crippen LogP contribution in [0.25, 0.3) is 0 Å². The minimum atomic E-state index is -1.36. The van der Waals surface area contributed by atoms with Crippen LogP contribution in [0.4, 0.5) is 9.18 Å². The highest BCUT2D eigenvalue weighted by Gasteiger charge is 2.47. The Balaban J connectivity index is 2.17. The lowest BCUT2D eigenvalue weighted by atomic mass is 10.0. The van der Waals surface area contributed by atoms with Crippen LogP contribution < -0.4 is 10.6 Å². The molecule has 0 saturated carbocycles. The van der Waals surface area contributed by atoms with Gasteiger partial charge in [0.25, 0.3) is 0 Å². The zero-order valence-corrected chi connectivity index (χ0v) is 10.8. The van der Waals surface area contributed by atoms with Crippen LogP contribution in [0.2, 0.25) is 0 Å². The normalized spacial score (nSPS) is 34.8. The zero-order chi connectivity index (χ0) is 14.0. The number of alkyl halides is 1. The first-order valence-corrected chi connectivity index (χ1v) is 5.86. The molecule has 0 bridgehead atoms. The van der Waals surface area contributed by atoms with E-state index >= 15 is 0 Å². The lowest BCUT2D eigenvalue weighted by molar-refractivity contribution is -0.0393. The topological polar surface area (TPSA) is 68.8 Å². The molecule has 2 aliphatic heterocycles. The molecule has 0 aromatic heterocycles. The SMILES string of the molecule is C=C1NC(=O)NC=C1[C@@H]1O[C@H](COC)[C@@H](OC)C1F. The Morgan fingerprint density at radius 3 is 2.84 bits per heavy atom. The average molecular weight is 272 g/mol. The first-order chi connectivity index (χ1) is 9.08. The molecular weight excluding hydrogens is 255 g/mol. The molecule has 2 aliphatic rings. The van der Waals surface area contributed by atoms with Crippen molar-refractivity contribution in [2.45, 2.75) is 24.5 Å². The van der Waals surface area contributed by atoms with E-state index in [1.165, 1.54) is 20.4 Å². The van der Waals surface area contributed by atoms with Crippen molar-refractivity contribution in [1.29, 1.82) is 0 Å². The molecular formula is C12H17FN2O4. The van der Waals surface area contributed by atoms with E-state index in [1.807, 2.05) is 0 Å². The second-order valence-corrected chi connectivity index (χ2v) is 4.37. The molecule has 106 valence electrons. The number of amides is 2. The van der Waals surface area contributed by atoms with Crippen molar-refractivity contribution in [2.75, 3.05) is 20.8 Å². The third kappa shape index (κ3) is 2.63. The molecule has 0 aromatic carbocycles. The molecule has 1 fully saturated rings. The van der Waals surface area contributed by atoms with Gasteiger partial charge in [-0.05, 0) is 0 Å². The van der Waals surface area contributed by atoms with Crippen molar-refractivity contribution in [3.8, 4) is 0 Å². The van der Waals surface area contributed by atoms with E-state index in [1.54, 1.807) is 0 Å². The van der Waals surface area contributed by atoms with Gasteiger partial charge in [0, 0.05) is 31.7 Å². The zero-order valence-electron chi connectivity index (χ0n) is 10.8. The third-order valence-corrected chi connectivity index (χ3v) is 3.17. The number of urea groups is 1. The molecule has 2 heterocycles. The molecule has 2 N–H and O–H groups in total. The molecule has 1 unspecified atom stereocenters. The number of ether oxygens (including phenoxy) is 3. The van der Waals surface area contributed by atoms with Crippen LogP contribution in [0, 0.1) is 0 Å². The number of carbonyl (C=O) groups is 1. The monoisotopic (exact) mass is 272 g/mol. The molecule has 0 radical (unpaired) electrons. The predicted molar refractivity (Wildman–Crippen MR) is 65.1 cm³/mol. The molecule has 4 atom stereocenters. The third-order valence-electron chi connectivity index (χ3n) is 3.17. The van der Waals surface area contributed by atoms with Crippen LogP contribution in [-0.4, -0.2) is 51.3 Å². The van der Waals surface area contributed by atoms with Gasteiger partial charge in [0.2, 0.25) is 0 Å². The van der Waals surface area contributed by atoms with E-state index < -0.39 is 30.5 Å². The van der Waals surface area contributed by atoms with Crippen LogP contribution in [0.15, 0.2) is 24.0 Å². The van der Waals surface area contributed by atoms with Gasteiger partial charge >= 0.3 is 6.03 Å². The largest absolute Gasteiger partial charge is 0.382 e. The number of rotatable bonds is 4. The lowest BCUT2D eigenvalue weighted by Crippen LogP contribution is -2.41. The first-order valence-electron chi connectivity index (χ1n) is 5.86. The summed E-state index contributed by atoms with van der Waals surface area (Å²) in [6.45, 7) is 3.92. The number of halogens is 1. The van der Waals surface area contributed by atoms with Gasteiger partial charge < -0.3 is 24.8 Å². The lowest BCUT2D eigenvalue weighted by Gasteiger charge is -2.23. The summed E-state index contributed by atoms with van der Waals surface area (Å²) in [7, 11) is 2.94. The molecule has 2 rings (SSSR count). The van der Waals surface area contributed by atoms with Gasteiger partial charge in [0.05, 0.1) is 6.61 Å². The van der Waals surface area contributed by atoms with E-state index in [4.69, 9.17) is 14.2 Å². The minimum absolute atomic E-state index is 0.231. The summed E-state index contributed by atoms with van der Waals surface area (Å²) in [5.74, 6) is 0. The van der Waals surface area contributed by atoms with Gasteiger partial charge in [-0.15, -0.1) is 0 Å². The first kappa shape index (κ1) is 14.0. The molecule has 6 nitrogen and oxygen atoms in total. The fourth-order valence-corrected chi connectivity index (χ4v) is 2.27. The van der Waals surface area contributed by atoms with E-state index in [9.17, 15) is 9.18 Å². The molecule has 2 amide bonds. The van der Waals surface area contributed by atoms with Crippen molar-refractivity contribution in [3.05, 3.63) is 24.0 Å². The van der Waals surface area contributed by atoms with Crippen LogP contribution >= 0.6 is 0 Å². The van der Waals surface area contributed by atoms with Crippen molar-refractivity contribution in [2.24, 2.45) is 0 Å². The van der Waals surface area contributed by atoms with Crippen molar-refractivity contribution in [3.63, 3.8) is 0 Å². The second kappa shape index (κ2) is 5.68. The maximum Gasteiger partial charge on any atom is 0.323 e. The van der Waals surface area contributed by atoms with Crippen molar-refractivity contribution >= 4 is 6.03 Å². The van der Waals surface area contributed by atoms with Crippen LogP contribution in [0.3, 0.4) is 0 Å². The molecule has 0 aliphatic carbocycles. The molecule has 0 spiro atoms.